The Balaban J connectivity index is 1.33. The fraction of sp³-hybridized carbons (Fsp3) is 0.233. The number of hydrogen-bond donors (Lipinski definition) is 3. The highest BCUT2D eigenvalue weighted by atomic mass is 19.1. The topological polar surface area (TPSA) is 82.2 Å². The molecule has 1 aromatic heterocycles. The number of carbonyl (C=O) groups is 1. The number of piperidine rings is 1. The molecule has 0 radical (unpaired) electrons. The van der Waals surface area contributed by atoms with Crippen LogP contribution in [0, 0.1) is 5.82 Å². The van der Waals surface area contributed by atoms with E-state index >= 15 is 0 Å². The van der Waals surface area contributed by atoms with E-state index in [1.165, 1.54) is 12.1 Å². The highest BCUT2D eigenvalue weighted by Gasteiger charge is 2.20. The molecule has 0 bridgehead atoms. The van der Waals surface area contributed by atoms with Crippen LogP contribution in [0.2, 0.25) is 0 Å². The normalized spacial score (nSPS) is 14.2. The van der Waals surface area contributed by atoms with Crippen molar-refractivity contribution in [1.82, 2.24) is 14.9 Å². The van der Waals surface area contributed by atoms with Crippen LogP contribution in [0.3, 0.4) is 0 Å². The van der Waals surface area contributed by atoms with Gasteiger partial charge in [0.05, 0.1) is 11.2 Å². The summed E-state index contributed by atoms with van der Waals surface area (Å²) in [5, 5.41) is 10.0. The Labute approximate surface area is 226 Å². The van der Waals surface area contributed by atoms with Crippen molar-refractivity contribution in [2.24, 2.45) is 0 Å². The summed E-state index contributed by atoms with van der Waals surface area (Å²) in [6.07, 6.45) is 4.63. The van der Waals surface area contributed by atoms with Crippen LogP contribution in [0.15, 0.2) is 79.5 Å². The number of hydrogen-bond acceptors (Lipinski definition) is 6. The number of aromatic nitrogens is 2. The van der Waals surface area contributed by atoms with Crippen LogP contribution in [0.4, 0.5) is 31.8 Å². The molecule has 3 aromatic carbocycles. The number of nitrogens with one attached hydrogen (secondary N) is 3. The molecule has 0 spiro atoms. The molecular formula is C30H30F2N6O. The van der Waals surface area contributed by atoms with Crippen molar-refractivity contribution in [2.45, 2.75) is 18.9 Å². The highest BCUT2D eigenvalue weighted by molar-refractivity contribution is 6.00. The van der Waals surface area contributed by atoms with Gasteiger partial charge in [0.1, 0.15) is 12.5 Å². The number of halogens is 2. The van der Waals surface area contributed by atoms with E-state index in [9.17, 15) is 13.6 Å². The number of alkyl halides is 1. The lowest BCUT2D eigenvalue weighted by Crippen LogP contribution is -2.40. The first-order valence-electron chi connectivity index (χ1n) is 12.9. The summed E-state index contributed by atoms with van der Waals surface area (Å²) in [6.45, 7) is 5.22. The minimum absolute atomic E-state index is 0.153. The molecule has 1 aliphatic heterocycles. The minimum atomic E-state index is -0.369. The van der Waals surface area contributed by atoms with Gasteiger partial charge in [-0.25, -0.2) is 18.7 Å². The number of amides is 1. The SMILES string of the molecule is C=CC(=O)Nc1cccc(-c2cccc3cnc(Nc4ccc(NC5CCN(CCF)CC5)c(F)c4)nc23)c1. The molecular weight excluding hydrogens is 498 g/mol. The van der Waals surface area contributed by atoms with E-state index in [4.69, 9.17) is 4.98 Å². The number of benzene rings is 3. The van der Waals surface area contributed by atoms with Gasteiger partial charge < -0.3 is 20.9 Å². The Morgan fingerprint density at radius 2 is 1.90 bits per heavy atom. The standard InChI is InChI=1S/C30H30F2N6O/c1-2-28(39)35-23-7-3-5-20(17-23)25-8-4-6-21-19-33-30(37-29(21)25)36-24-9-10-27(26(32)18-24)34-22-11-14-38(15-12-22)16-13-31/h2-10,17-19,22,34H,1,11-16H2,(H,35,39)(H,33,36,37). The van der Waals surface area contributed by atoms with Crippen LogP contribution in [-0.2, 0) is 4.79 Å². The summed E-state index contributed by atoms with van der Waals surface area (Å²) in [4.78, 5) is 23.0. The molecule has 5 rings (SSSR count). The van der Waals surface area contributed by atoms with Crippen LogP contribution in [0.25, 0.3) is 22.0 Å². The smallest absolute Gasteiger partial charge is 0.247 e. The monoisotopic (exact) mass is 528 g/mol. The average molecular weight is 529 g/mol. The van der Waals surface area contributed by atoms with Crippen LogP contribution in [-0.4, -0.2) is 53.1 Å². The first-order chi connectivity index (χ1) is 19.0. The Bertz CT molecular complexity index is 1490. The second kappa shape index (κ2) is 12.0. The van der Waals surface area contributed by atoms with Crippen molar-refractivity contribution in [3.8, 4) is 11.1 Å². The number of fused-ring (bicyclic) bond motifs is 1. The van der Waals surface area contributed by atoms with Gasteiger partial charge in [0.25, 0.3) is 0 Å². The van der Waals surface area contributed by atoms with Gasteiger partial charge in [-0.1, -0.05) is 36.9 Å². The van der Waals surface area contributed by atoms with Gasteiger partial charge in [-0.2, -0.15) is 0 Å². The van der Waals surface area contributed by atoms with Crippen molar-refractivity contribution < 1.29 is 13.6 Å². The van der Waals surface area contributed by atoms with E-state index in [1.807, 2.05) is 36.4 Å². The molecule has 4 aromatic rings. The molecule has 39 heavy (non-hydrogen) atoms. The van der Waals surface area contributed by atoms with E-state index < -0.39 is 0 Å². The lowest BCUT2D eigenvalue weighted by atomic mass is 10.0. The third kappa shape index (κ3) is 6.38. The molecule has 7 nitrogen and oxygen atoms in total. The zero-order valence-corrected chi connectivity index (χ0v) is 21.5. The predicted octanol–water partition coefficient (Wildman–Crippen LogP) is 6.15. The lowest BCUT2D eigenvalue weighted by molar-refractivity contribution is -0.111. The fourth-order valence-electron chi connectivity index (χ4n) is 4.79. The summed E-state index contributed by atoms with van der Waals surface area (Å²) in [7, 11) is 0. The van der Waals surface area contributed by atoms with E-state index in [0.29, 0.717) is 29.6 Å². The van der Waals surface area contributed by atoms with Crippen LogP contribution < -0.4 is 16.0 Å². The first kappa shape index (κ1) is 26.2. The van der Waals surface area contributed by atoms with Crippen LogP contribution >= 0.6 is 0 Å². The maximum Gasteiger partial charge on any atom is 0.247 e. The van der Waals surface area contributed by atoms with E-state index in [2.05, 4.69) is 32.4 Å². The first-order valence-corrected chi connectivity index (χ1v) is 12.9. The third-order valence-electron chi connectivity index (χ3n) is 6.81. The van der Waals surface area contributed by atoms with Gasteiger partial charge in [-0.05, 0) is 54.8 Å². The van der Waals surface area contributed by atoms with Gasteiger partial charge in [-0.3, -0.25) is 4.79 Å². The zero-order valence-electron chi connectivity index (χ0n) is 21.5. The van der Waals surface area contributed by atoms with Crippen molar-refractivity contribution in [3.63, 3.8) is 0 Å². The number of likely N-dealkylation sites (tertiary alicyclic amines) is 1. The van der Waals surface area contributed by atoms with Crippen LogP contribution in [0.5, 0.6) is 0 Å². The number of para-hydroxylation sites is 1. The number of anilines is 4. The number of nitrogens with zero attached hydrogens (tertiary/aromatic N) is 3. The number of carbonyl (C=O) groups excluding carboxylic acids is 1. The largest absolute Gasteiger partial charge is 0.380 e. The van der Waals surface area contributed by atoms with Gasteiger partial charge in [0.2, 0.25) is 11.9 Å². The molecule has 1 amide bonds. The van der Waals surface area contributed by atoms with Crippen LogP contribution in [0.1, 0.15) is 12.8 Å². The molecule has 200 valence electrons. The Morgan fingerprint density at radius 3 is 2.67 bits per heavy atom. The molecule has 2 heterocycles. The molecule has 0 atom stereocenters. The fourth-order valence-corrected chi connectivity index (χ4v) is 4.79. The minimum Gasteiger partial charge on any atom is -0.380 e. The summed E-state index contributed by atoms with van der Waals surface area (Å²) in [5.41, 5.74) is 4.09. The summed E-state index contributed by atoms with van der Waals surface area (Å²) in [5.74, 6) is -0.316. The van der Waals surface area contributed by atoms with E-state index in [-0.39, 0.29) is 24.4 Å². The van der Waals surface area contributed by atoms with E-state index in [1.54, 1.807) is 24.4 Å². The van der Waals surface area contributed by atoms with Crippen molar-refractivity contribution in [3.05, 3.63) is 85.3 Å². The lowest BCUT2D eigenvalue weighted by Gasteiger charge is -2.32. The second-order valence-electron chi connectivity index (χ2n) is 9.48. The van der Waals surface area contributed by atoms with Crippen molar-refractivity contribution in [1.29, 1.82) is 0 Å². The molecule has 0 unspecified atom stereocenters. The molecule has 3 N–H and O–H groups in total. The second-order valence-corrected chi connectivity index (χ2v) is 9.48. The predicted molar refractivity (Wildman–Crippen MR) is 153 cm³/mol. The average Bonchev–Trinajstić information content (AvgIpc) is 2.95. The third-order valence-corrected chi connectivity index (χ3v) is 6.81. The Hall–Kier alpha value is -4.37. The van der Waals surface area contributed by atoms with Gasteiger partial charge in [-0.15, -0.1) is 0 Å². The highest BCUT2D eigenvalue weighted by Crippen LogP contribution is 2.30. The molecule has 0 saturated carbocycles. The van der Waals surface area contributed by atoms with Gasteiger partial charge in [0, 0.05) is 54.2 Å². The molecule has 0 aliphatic carbocycles. The van der Waals surface area contributed by atoms with Crippen molar-refractivity contribution >= 4 is 39.8 Å². The molecule has 1 fully saturated rings. The number of rotatable bonds is 9. The Kier molecular flexibility index (Phi) is 8.07. The zero-order chi connectivity index (χ0) is 27.2. The van der Waals surface area contributed by atoms with Crippen molar-refractivity contribution in [2.75, 3.05) is 42.3 Å². The molecule has 1 aliphatic rings. The van der Waals surface area contributed by atoms with E-state index in [0.717, 1.165) is 48.0 Å². The maximum atomic E-state index is 15.0. The summed E-state index contributed by atoms with van der Waals surface area (Å²) >= 11 is 0. The Morgan fingerprint density at radius 1 is 1.08 bits per heavy atom. The molecule has 9 heteroatoms. The summed E-state index contributed by atoms with van der Waals surface area (Å²) < 4.78 is 27.5. The van der Waals surface area contributed by atoms with Gasteiger partial charge >= 0.3 is 0 Å². The molecule has 1 saturated heterocycles. The van der Waals surface area contributed by atoms with Gasteiger partial charge in [0.15, 0.2) is 0 Å². The summed E-state index contributed by atoms with van der Waals surface area (Å²) in [6, 6.07) is 18.4. The maximum absolute atomic E-state index is 15.0. The quantitative estimate of drug-likeness (QED) is 0.226.